The van der Waals surface area contributed by atoms with E-state index in [1.165, 1.54) is 17.1 Å². The van der Waals surface area contributed by atoms with Gasteiger partial charge in [0, 0.05) is 26.7 Å². The van der Waals surface area contributed by atoms with Gasteiger partial charge in [-0.1, -0.05) is 6.07 Å². The van der Waals surface area contributed by atoms with Crippen molar-refractivity contribution in [2.45, 2.75) is 31.2 Å². The number of hydrogen-bond acceptors (Lipinski definition) is 4. The lowest BCUT2D eigenvalue weighted by Gasteiger charge is -2.18. The first-order valence-corrected chi connectivity index (χ1v) is 8.73. The Morgan fingerprint density at radius 2 is 2.10 bits per heavy atom. The number of nitrogens with zero attached hydrogens (tertiary/aromatic N) is 1. The predicted molar refractivity (Wildman–Crippen MR) is 82.4 cm³/mol. The van der Waals surface area contributed by atoms with Crippen molar-refractivity contribution in [3.63, 3.8) is 0 Å². The second kappa shape index (κ2) is 6.87. The second-order valence-electron chi connectivity index (χ2n) is 5.64. The number of benzene rings is 1. The van der Waals surface area contributed by atoms with Gasteiger partial charge in [0.2, 0.25) is 10.0 Å². The van der Waals surface area contributed by atoms with Gasteiger partial charge in [0.05, 0.1) is 11.5 Å². The maximum atomic E-state index is 12.5. The van der Waals surface area contributed by atoms with Gasteiger partial charge in [0.1, 0.15) is 0 Å². The van der Waals surface area contributed by atoms with Crippen molar-refractivity contribution in [2.75, 3.05) is 26.8 Å². The summed E-state index contributed by atoms with van der Waals surface area (Å²) >= 11 is 0. The topological polar surface area (TPSA) is 72.6 Å². The molecule has 0 bridgehead atoms. The average Bonchev–Trinajstić information content (AvgIpc) is 3.27. The fraction of sp³-hybridized carbons (Fsp3) is 0.600. The number of likely N-dealkylation sites (N-methyl/N-ethyl adjacent to an activating group) is 1. The number of sulfonamides is 1. The first-order chi connectivity index (χ1) is 9.95. The number of aryl methyl sites for hydroxylation is 1. The van der Waals surface area contributed by atoms with E-state index >= 15 is 0 Å². The molecule has 0 aliphatic heterocycles. The molecule has 0 spiro atoms. The Labute approximate surface area is 127 Å². The Bertz CT molecular complexity index is 583. The van der Waals surface area contributed by atoms with Gasteiger partial charge in [-0.25, -0.2) is 8.42 Å². The molecule has 0 saturated heterocycles. The summed E-state index contributed by atoms with van der Waals surface area (Å²) in [6.45, 7) is 3.84. The fourth-order valence-corrected chi connectivity index (χ4v) is 3.33. The van der Waals surface area contributed by atoms with Crippen LogP contribution in [0, 0.1) is 12.8 Å². The van der Waals surface area contributed by atoms with Crippen LogP contribution in [0.4, 0.5) is 0 Å². The molecule has 0 amide bonds. The van der Waals surface area contributed by atoms with Crippen molar-refractivity contribution >= 4 is 10.0 Å². The summed E-state index contributed by atoms with van der Waals surface area (Å²) in [6.07, 6.45) is 2.47. The smallest absolute Gasteiger partial charge is 0.242 e. The zero-order valence-electron chi connectivity index (χ0n) is 12.7. The third-order valence-corrected chi connectivity index (χ3v) is 5.70. The quantitative estimate of drug-likeness (QED) is 0.738. The van der Waals surface area contributed by atoms with Crippen LogP contribution < -0.4 is 5.73 Å². The normalized spacial score (nSPS) is 15.6. The van der Waals surface area contributed by atoms with Crippen molar-refractivity contribution in [3.05, 3.63) is 29.3 Å². The SMILES string of the molecule is Cc1cc(S(=O)(=O)N(C)CCOCC2CC2)ccc1CN. The van der Waals surface area contributed by atoms with E-state index in [4.69, 9.17) is 10.5 Å². The highest BCUT2D eigenvalue weighted by Gasteiger charge is 2.23. The van der Waals surface area contributed by atoms with Gasteiger partial charge in [-0.2, -0.15) is 4.31 Å². The van der Waals surface area contributed by atoms with E-state index in [9.17, 15) is 8.42 Å². The Balaban J connectivity index is 1.96. The largest absolute Gasteiger partial charge is 0.380 e. The van der Waals surface area contributed by atoms with Crippen LogP contribution in [-0.2, 0) is 21.3 Å². The van der Waals surface area contributed by atoms with Crippen LogP contribution in [0.15, 0.2) is 23.1 Å². The summed E-state index contributed by atoms with van der Waals surface area (Å²) in [7, 11) is -1.87. The molecule has 6 heteroatoms. The van der Waals surface area contributed by atoms with Crippen molar-refractivity contribution in [3.8, 4) is 0 Å². The molecule has 2 rings (SSSR count). The second-order valence-corrected chi connectivity index (χ2v) is 7.68. The maximum Gasteiger partial charge on any atom is 0.242 e. The molecule has 0 unspecified atom stereocenters. The molecule has 0 atom stereocenters. The average molecular weight is 312 g/mol. The zero-order chi connectivity index (χ0) is 15.5. The molecule has 2 N–H and O–H groups in total. The summed E-state index contributed by atoms with van der Waals surface area (Å²) < 4.78 is 31.8. The highest BCUT2D eigenvalue weighted by Crippen LogP contribution is 2.28. The van der Waals surface area contributed by atoms with E-state index in [0.717, 1.165) is 17.7 Å². The summed E-state index contributed by atoms with van der Waals surface area (Å²) in [6, 6.07) is 5.07. The first kappa shape index (κ1) is 16.4. The van der Waals surface area contributed by atoms with Gasteiger partial charge >= 0.3 is 0 Å². The van der Waals surface area contributed by atoms with E-state index in [1.54, 1.807) is 25.2 Å². The van der Waals surface area contributed by atoms with Gasteiger partial charge in [0.25, 0.3) is 0 Å². The lowest BCUT2D eigenvalue weighted by atomic mass is 10.1. The van der Waals surface area contributed by atoms with E-state index in [2.05, 4.69) is 0 Å². The summed E-state index contributed by atoms with van der Waals surface area (Å²) in [5, 5.41) is 0. The Kier molecular flexibility index (Phi) is 5.37. The summed E-state index contributed by atoms with van der Waals surface area (Å²) in [5.74, 6) is 0.693. The summed E-state index contributed by atoms with van der Waals surface area (Å²) in [5.41, 5.74) is 7.47. The highest BCUT2D eigenvalue weighted by molar-refractivity contribution is 7.89. The molecule has 118 valence electrons. The van der Waals surface area contributed by atoms with Crippen LogP contribution in [0.25, 0.3) is 0 Å². The van der Waals surface area contributed by atoms with Crippen LogP contribution in [-0.4, -0.2) is 39.5 Å². The van der Waals surface area contributed by atoms with E-state index in [-0.39, 0.29) is 0 Å². The highest BCUT2D eigenvalue weighted by atomic mass is 32.2. The van der Waals surface area contributed by atoms with Crippen LogP contribution in [0.2, 0.25) is 0 Å². The van der Waals surface area contributed by atoms with Crippen molar-refractivity contribution in [2.24, 2.45) is 11.7 Å². The Morgan fingerprint density at radius 1 is 1.38 bits per heavy atom. The molecule has 1 saturated carbocycles. The standard InChI is InChI=1S/C15H24N2O3S/c1-12-9-15(6-5-14(12)10-16)21(18,19)17(2)7-8-20-11-13-3-4-13/h5-6,9,13H,3-4,7-8,10-11,16H2,1-2H3. The van der Waals surface area contributed by atoms with E-state index in [0.29, 0.717) is 30.5 Å². The molecule has 5 nitrogen and oxygen atoms in total. The molecular weight excluding hydrogens is 288 g/mol. The minimum absolute atomic E-state index is 0.307. The molecular formula is C15H24N2O3S. The van der Waals surface area contributed by atoms with Crippen molar-refractivity contribution < 1.29 is 13.2 Å². The lowest BCUT2D eigenvalue weighted by Crippen LogP contribution is -2.30. The monoisotopic (exact) mass is 312 g/mol. The maximum absolute atomic E-state index is 12.5. The van der Waals surface area contributed by atoms with E-state index < -0.39 is 10.0 Å². The van der Waals surface area contributed by atoms with Crippen LogP contribution in [0.3, 0.4) is 0 Å². The minimum atomic E-state index is -3.46. The Hall–Kier alpha value is -0.950. The van der Waals surface area contributed by atoms with Gasteiger partial charge in [-0.15, -0.1) is 0 Å². The molecule has 1 aromatic carbocycles. The molecule has 1 fully saturated rings. The van der Waals surface area contributed by atoms with Gasteiger partial charge < -0.3 is 10.5 Å². The van der Waals surface area contributed by atoms with Gasteiger partial charge in [-0.3, -0.25) is 0 Å². The van der Waals surface area contributed by atoms with Gasteiger partial charge in [0.15, 0.2) is 0 Å². The number of ether oxygens (including phenoxy) is 1. The predicted octanol–water partition coefficient (Wildman–Crippen LogP) is 1.50. The molecule has 21 heavy (non-hydrogen) atoms. The van der Waals surface area contributed by atoms with Gasteiger partial charge in [-0.05, 0) is 48.9 Å². The summed E-state index contributed by atoms with van der Waals surface area (Å²) in [4.78, 5) is 0.307. The van der Waals surface area contributed by atoms with Crippen molar-refractivity contribution in [1.82, 2.24) is 4.31 Å². The third-order valence-electron chi connectivity index (χ3n) is 3.84. The molecule has 1 aliphatic rings. The van der Waals surface area contributed by atoms with Crippen LogP contribution in [0.5, 0.6) is 0 Å². The lowest BCUT2D eigenvalue weighted by molar-refractivity contribution is 0.117. The molecule has 0 aromatic heterocycles. The fourth-order valence-electron chi connectivity index (χ4n) is 2.09. The molecule has 0 radical (unpaired) electrons. The van der Waals surface area contributed by atoms with Crippen LogP contribution in [0.1, 0.15) is 24.0 Å². The number of nitrogens with two attached hydrogens (primary N) is 1. The first-order valence-electron chi connectivity index (χ1n) is 7.29. The molecule has 0 heterocycles. The molecule has 1 aliphatic carbocycles. The molecule has 1 aromatic rings. The third kappa shape index (κ3) is 4.26. The van der Waals surface area contributed by atoms with E-state index in [1.807, 2.05) is 6.92 Å². The number of hydrogen-bond donors (Lipinski definition) is 1. The Morgan fingerprint density at radius 3 is 2.67 bits per heavy atom. The minimum Gasteiger partial charge on any atom is -0.380 e. The zero-order valence-corrected chi connectivity index (χ0v) is 13.5. The van der Waals surface area contributed by atoms with Crippen LogP contribution >= 0.6 is 0 Å². The van der Waals surface area contributed by atoms with Crippen molar-refractivity contribution in [1.29, 1.82) is 0 Å². The number of rotatable bonds is 8.